The highest BCUT2D eigenvalue weighted by Gasteiger charge is 2.44. The molecule has 0 spiro atoms. The summed E-state index contributed by atoms with van der Waals surface area (Å²) in [4.78, 5) is 10.9. The van der Waals surface area contributed by atoms with Gasteiger partial charge in [0.1, 0.15) is 6.29 Å². The number of allylic oxidation sites excluding steroid dienone is 1. The number of carbonyl (C=O) groups is 1. The maximum Gasteiger partial charge on any atom is 0.192 e. The molecule has 3 nitrogen and oxygen atoms in total. The molecular formula is C22H42O3Si2. The summed E-state index contributed by atoms with van der Waals surface area (Å²) in [5, 5.41) is 0.317. The van der Waals surface area contributed by atoms with Crippen molar-refractivity contribution >= 4 is 22.9 Å². The van der Waals surface area contributed by atoms with Crippen LogP contribution < -0.4 is 0 Å². The van der Waals surface area contributed by atoms with E-state index in [0.29, 0.717) is 6.42 Å². The Morgan fingerprint density at radius 3 is 1.93 bits per heavy atom. The van der Waals surface area contributed by atoms with E-state index in [1.165, 1.54) is 0 Å². The Kier molecular flexibility index (Phi) is 7.70. The van der Waals surface area contributed by atoms with E-state index in [4.69, 9.17) is 8.85 Å². The van der Waals surface area contributed by atoms with Crippen LogP contribution in [0.4, 0.5) is 0 Å². The van der Waals surface area contributed by atoms with E-state index in [1.807, 2.05) is 6.08 Å². The van der Waals surface area contributed by atoms with Gasteiger partial charge in [-0.3, -0.25) is 0 Å². The first kappa shape index (κ1) is 24.5. The van der Waals surface area contributed by atoms with Crippen LogP contribution in [0.15, 0.2) is 23.8 Å². The molecule has 1 aliphatic carbocycles. The first-order valence-corrected chi connectivity index (χ1v) is 16.0. The molecule has 1 aliphatic rings. The molecule has 0 aromatic rings. The molecule has 0 aliphatic heterocycles. The van der Waals surface area contributed by atoms with Gasteiger partial charge >= 0.3 is 0 Å². The smallest absolute Gasteiger partial charge is 0.192 e. The second-order valence-corrected chi connectivity index (χ2v) is 20.5. The summed E-state index contributed by atoms with van der Waals surface area (Å²) in [6, 6.07) is 0. The maximum atomic E-state index is 10.9. The highest BCUT2D eigenvalue weighted by molar-refractivity contribution is 6.74. The normalized spacial score (nSPS) is 24.4. The van der Waals surface area contributed by atoms with Crippen LogP contribution in [-0.4, -0.2) is 35.1 Å². The molecular weight excluding hydrogens is 368 g/mol. The molecule has 156 valence electrons. The van der Waals surface area contributed by atoms with Crippen molar-refractivity contribution in [1.82, 2.24) is 0 Å². The second-order valence-electron chi connectivity index (χ2n) is 11.0. The van der Waals surface area contributed by atoms with E-state index in [1.54, 1.807) is 0 Å². The minimum atomic E-state index is -1.92. The molecule has 0 radical (unpaired) electrons. The second kappa shape index (κ2) is 8.48. The number of hydrogen-bond acceptors (Lipinski definition) is 3. The third-order valence-electron chi connectivity index (χ3n) is 6.70. The lowest BCUT2D eigenvalue weighted by molar-refractivity contribution is -0.107. The third kappa shape index (κ3) is 6.24. The predicted molar refractivity (Wildman–Crippen MR) is 121 cm³/mol. The topological polar surface area (TPSA) is 35.5 Å². The molecule has 0 aromatic carbocycles. The van der Waals surface area contributed by atoms with Crippen molar-refractivity contribution in [2.45, 2.75) is 109 Å². The van der Waals surface area contributed by atoms with Crippen LogP contribution in [-0.2, 0) is 13.6 Å². The molecule has 0 amide bonds. The van der Waals surface area contributed by atoms with Crippen LogP contribution in [0.25, 0.3) is 0 Å². The fraction of sp³-hybridized carbons (Fsp3) is 0.773. The Morgan fingerprint density at radius 2 is 1.48 bits per heavy atom. The van der Waals surface area contributed by atoms with E-state index < -0.39 is 16.6 Å². The summed E-state index contributed by atoms with van der Waals surface area (Å²) in [6.45, 7) is 27.1. The molecule has 0 bridgehead atoms. The van der Waals surface area contributed by atoms with Crippen LogP contribution in [0.5, 0.6) is 0 Å². The maximum absolute atomic E-state index is 10.9. The predicted octanol–water partition coefficient (Wildman–Crippen LogP) is 6.63. The molecule has 0 unspecified atom stereocenters. The highest BCUT2D eigenvalue weighted by Crippen LogP contribution is 2.44. The number of carbonyl (C=O) groups excluding carboxylic acids is 1. The molecule has 1 saturated carbocycles. The fourth-order valence-electron chi connectivity index (χ4n) is 2.79. The van der Waals surface area contributed by atoms with Crippen molar-refractivity contribution < 1.29 is 13.6 Å². The van der Waals surface area contributed by atoms with E-state index in [0.717, 1.165) is 30.3 Å². The van der Waals surface area contributed by atoms with Gasteiger partial charge in [-0.25, -0.2) is 0 Å². The van der Waals surface area contributed by atoms with Crippen LogP contribution >= 0.6 is 0 Å². The van der Waals surface area contributed by atoms with Gasteiger partial charge in [-0.15, -0.1) is 0 Å². The largest absolute Gasteiger partial charge is 0.413 e. The van der Waals surface area contributed by atoms with Gasteiger partial charge in [0.2, 0.25) is 0 Å². The van der Waals surface area contributed by atoms with Crippen molar-refractivity contribution in [1.29, 1.82) is 0 Å². The summed E-state index contributed by atoms with van der Waals surface area (Å²) >= 11 is 0. The van der Waals surface area contributed by atoms with Crippen LogP contribution in [0, 0.1) is 0 Å². The molecule has 0 heterocycles. The lowest BCUT2D eigenvalue weighted by atomic mass is 9.86. The monoisotopic (exact) mass is 410 g/mol. The number of rotatable bonds is 6. The third-order valence-corrected chi connectivity index (χ3v) is 15.7. The molecule has 0 saturated heterocycles. The summed E-state index contributed by atoms with van der Waals surface area (Å²) in [5.41, 5.74) is 2.18. The molecule has 0 N–H and O–H groups in total. The van der Waals surface area contributed by atoms with Crippen LogP contribution in [0.2, 0.25) is 36.3 Å². The van der Waals surface area contributed by atoms with Crippen LogP contribution in [0.1, 0.15) is 60.8 Å². The minimum absolute atomic E-state index is 0.0210. The van der Waals surface area contributed by atoms with Gasteiger partial charge < -0.3 is 13.6 Å². The van der Waals surface area contributed by atoms with Gasteiger partial charge in [-0.05, 0) is 53.8 Å². The molecule has 1 rings (SSSR count). The van der Waals surface area contributed by atoms with Gasteiger partial charge in [0.25, 0.3) is 0 Å². The van der Waals surface area contributed by atoms with E-state index in [9.17, 15) is 4.79 Å². The summed E-state index contributed by atoms with van der Waals surface area (Å²) in [6.07, 6.45) is 5.18. The van der Waals surface area contributed by atoms with Gasteiger partial charge in [0.05, 0.1) is 12.2 Å². The van der Waals surface area contributed by atoms with Crippen molar-refractivity contribution in [3.05, 3.63) is 23.8 Å². The Balaban J connectivity index is 3.12. The lowest BCUT2D eigenvalue weighted by Crippen LogP contribution is -2.49. The first-order chi connectivity index (χ1) is 12.0. The number of aldehydes is 1. The van der Waals surface area contributed by atoms with E-state index >= 15 is 0 Å². The Bertz CT molecular complexity index is 577. The Labute approximate surface area is 169 Å². The van der Waals surface area contributed by atoms with E-state index in [-0.39, 0.29) is 22.3 Å². The van der Waals surface area contributed by atoms with Crippen LogP contribution in [0.3, 0.4) is 0 Å². The summed E-state index contributed by atoms with van der Waals surface area (Å²) in [7, 11) is -3.79. The summed E-state index contributed by atoms with van der Waals surface area (Å²) in [5.74, 6) is 0. The zero-order valence-corrected chi connectivity index (χ0v) is 21.4. The van der Waals surface area contributed by atoms with E-state index in [2.05, 4.69) is 74.3 Å². The first-order valence-electron chi connectivity index (χ1n) is 10.2. The minimum Gasteiger partial charge on any atom is -0.413 e. The average molecular weight is 411 g/mol. The molecule has 0 aromatic heterocycles. The highest BCUT2D eigenvalue weighted by atomic mass is 28.4. The zero-order valence-electron chi connectivity index (χ0n) is 19.4. The molecule has 27 heavy (non-hydrogen) atoms. The van der Waals surface area contributed by atoms with Gasteiger partial charge in [0, 0.05) is 12.8 Å². The fourth-order valence-corrected chi connectivity index (χ4v) is 5.46. The zero-order chi connectivity index (χ0) is 21.3. The van der Waals surface area contributed by atoms with Gasteiger partial charge in [0.15, 0.2) is 16.6 Å². The van der Waals surface area contributed by atoms with Crippen molar-refractivity contribution in [3.63, 3.8) is 0 Å². The summed E-state index contributed by atoms with van der Waals surface area (Å²) < 4.78 is 13.5. The SMILES string of the molecule is C=C1/C(=C\CC=O)C[C@H](O[Si](C)(C)C(C)(C)C)C[C@@H]1O[Si](C)(C)C(C)(C)C. The molecule has 1 fully saturated rings. The molecule has 2 atom stereocenters. The standard InChI is InChI=1S/C22H42O3Si2/c1-17-18(13-12-14-23)15-19(24-26(8,9)21(2,3)4)16-20(17)25-27(10,11)22(5,6)7/h13-14,19-20H,1,12,15-16H2,2-11H3/b18-13-/t19-,20-/m0/s1. The Morgan fingerprint density at radius 1 is 1.00 bits per heavy atom. The van der Waals surface area contributed by atoms with Crippen molar-refractivity contribution in [2.24, 2.45) is 0 Å². The van der Waals surface area contributed by atoms with Gasteiger partial charge in [-0.1, -0.05) is 54.2 Å². The van der Waals surface area contributed by atoms with Crippen molar-refractivity contribution in [3.8, 4) is 0 Å². The molecule has 5 heteroatoms. The number of hydrogen-bond donors (Lipinski definition) is 0. The Hall–Kier alpha value is -0.496. The van der Waals surface area contributed by atoms with Crippen molar-refractivity contribution in [2.75, 3.05) is 0 Å². The average Bonchev–Trinajstić information content (AvgIpc) is 2.46. The lowest BCUT2D eigenvalue weighted by Gasteiger charge is -2.45. The van der Waals surface area contributed by atoms with Gasteiger partial charge in [-0.2, -0.15) is 0 Å². The quantitative estimate of drug-likeness (QED) is 0.364.